The molecular weight excluding hydrogens is 792 g/mol. The molecular formula is C45H37BrN2O9. The highest BCUT2D eigenvalue weighted by molar-refractivity contribution is 6.16. The van der Waals surface area contributed by atoms with E-state index in [4.69, 9.17) is 23.7 Å². The van der Waals surface area contributed by atoms with Crippen LogP contribution in [0.2, 0.25) is 0 Å². The zero-order valence-electron chi connectivity index (χ0n) is 31.1. The molecule has 2 aromatic heterocycles. The van der Waals surface area contributed by atoms with Crippen LogP contribution in [0.3, 0.4) is 0 Å². The topological polar surface area (TPSA) is 134 Å². The van der Waals surface area contributed by atoms with Crippen molar-refractivity contribution in [3.63, 3.8) is 0 Å². The van der Waals surface area contributed by atoms with Gasteiger partial charge in [-0.2, -0.15) is 4.57 Å². The number of rotatable bonds is 9. The number of aromatic nitrogens is 2. The summed E-state index contributed by atoms with van der Waals surface area (Å²) < 4.78 is 31.9. The van der Waals surface area contributed by atoms with Gasteiger partial charge >= 0.3 is 30.1 Å². The quantitative estimate of drug-likeness (QED) is 0.0966. The highest BCUT2D eigenvalue weighted by Crippen LogP contribution is 2.38. The first kappa shape index (κ1) is 38.9. The average molecular weight is 830 g/mol. The van der Waals surface area contributed by atoms with Crippen molar-refractivity contribution in [1.82, 2.24) is 4.98 Å². The number of aryl methyl sites for hydroxylation is 2. The molecule has 0 bridgehead atoms. The van der Waals surface area contributed by atoms with E-state index in [0.717, 1.165) is 43.7 Å². The van der Waals surface area contributed by atoms with E-state index in [-0.39, 0.29) is 29.2 Å². The molecule has 1 fully saturated rings. The normalized spacial score (nSPS) is 17.5. The minimum absolute atomic E-state index is 0. The number of ether oxygens (including phenoxy) is 5. The number of H-pyrrole nitrogens is 1. The maximum Gasteiger partial charge on any atom is 0.338 e. The van der Waals surface area contributed by atoms with E-state index in [1.807, 2.05) is 44.4 Å². The van der Waals surface area contributed by atoms with Crippen LogP contribution >= 0.6 is 0 Å². The van der Waals surface area contributed by atoms with Crippen molar-refractivity contribution in [1.29, 1.82) is 0 Å². The maximum atomic E-state index is 13.7. The molecule has 8 rings (SSSR count). The Labute approximate surface area is 337 Å². The fourth-order valence-electron chi connectivity index (χ4n) is 7.33. The van der Waals surface area contributed by atoms with Gasteiger partial charge in [-0.25, -0.2) is 14.4 Å². The third kappa shape index (κ3) is 7.74. The lowest BCUT2D eigenvalue weighted by Gasteiger charge is -2.23. The molecule has 0 radical (unpaired) electrons. The summed E-state index contributed by atoms with van der Waals surface area (Å²) in [6.45, 7) is 5.10. The maximum absolute atomic E-state index is 13.7. The van der Waals surface area contributed by atoms with Crippen molar-refractivity contribution in [2.45, 2.75) is 45.3 Å². The van der Waals surface area contributed by atoms with Crippen LogP contribution in [0.15, 0.2) is 128 Å². The molecule has 1 aliphatic heterocycles. The van der Waals surface area contributed by atoms with Crippen LogP contribution in [0.25, 0.3) is 32.6 Å². The van der Waals surface area contributed by atoms with Gasteiger partial charge in [0.1, 0.15) is 18.5 Å². The molecule has 11 nitrogen and oxygen atoms in total. The number of hydrogen-bond donors (Lipinski definition) is 1. The number of fused-ring (bicyclic) bond motifs is 4. The van der Waals surface area contributed by atoms with Gasteiger partial charge in [0.15, 0.2) is 18.5 Å². The molecule has 0 spiro atoms. The first-order chi connectivity index (χ1) is 27.2. The van der Waals surface area contributed by atoms with Crippen molar-refractivity contribution < 1.29 is 64.4 Å². The van der Waals surface area contributed by atoms with Crippen LogP contribution in [0.5, 0.6) is 5.75 Å². The predicted octanol–water partition coefficient (Wildman–Crippen LogP) is 4.51. The van der Waals surface area contributed by atoms with Crippen LogP contribution < -0.4 is 26.3 Å². The Bertz CT molecular complexity index is 2630. The number of carbonyl (C=O) groups is 4. The number of nitrogens with one attached hydrogen (secondary N) is 1. The Kier molecular flexibility index (Phi) is 11.2. The second-order valence-corrected chi connectivity index (χ2v) is 13.6. The van der Waals surface area contributed by atoms with Crippen molar-refractivity contribution in [3.05, 3.63) is 155 Å². The van der Waals surface area contributed by atoms with Gasteiger partial charge in [-0.1, -0.05) is 54.6 Å². The molecule has 12 heteroatoms. The third-order valence-electron chi connectivity index (χ3n) is 10.0. The Hall–Kier alpha value is -6.37. The van der Waals surface area contributed by atoms with Crippen LogP contribution in [0.1, 0.15) is 55.4 Å². The Morgan fingerprint density at radius 2 is 1.26 bits per heavy atom. The summed E-state index contributed by atoms with van der Waals surface area (Å²) in [7, 11) is 0. The largest absolute Gasteiger partial charge is 1.00 e. The van der Waals surface area contributed by atoms with Crippen LogP contribution in [-0.2, 0) is 23.7 Å². The van der Waals surface area contributed by atoms with E-state index in [1.165, 1.54) is 6.92 Å². The summed E-state index contributed by atoms with van der Waals surface area (Å²) in [6.07, 6.45) is -0.682. The number of carbonyl (C=O) groups excluding carboxylic acids is 4. The van der Waals surface area contributed by atoms with Gasteiger partial charge in [-0.05, 0) is 85.0 Å². The Morgan fingerprint density at radius 1 is 0.684 bits per heavy atom. The molecule has 4 atom stereocenters. The van der Waals surface area contributed by atoms with Crippen molar-refractivity contribution in [2.75, 3.05) is 6.61 Å². The first-order valence-corrected chi connectivity index (χ1v) is 18.1. The second kappa shape index (κ2) is 16.4. The number of hydrogen-bond acceptors (Lipinski definition) is 9. The Morgan fingerprint density at radius 3 is 1.86 bits per heavy atom. The predicted molar refractivity (Wildman–Crippen MR) is 206 cm³/mol. The number of nitrogens with zero attached hydrogens (tertiary/aromatic N) is 1. The summed E-state index contributed by atoms with van der Waals surface area (Å²) in [5.41, 5.74) is 4.69. The zero-order valence-corrected chi connectivity index (χ0v) is 32.7. The molecule has 0 amide bonds. The van der Waals surface area contributed by atoms with E-state index in [2.05, 4.69) is 4.98 Å². The fraction of sp³-hybridized carbons (Fsp3) is 0.178. The summed E-state index contributed by atoms with van der Waals surface area (Å²) >= 11 is 0. The minimum Gasteiger partial charge on any atom is -1.00 e. The van der Waals surface area contributed by atoms with E-state index in [9.17, 15) is 19.2 Å². The molecule has 3 heterocycles. The summed E-state index contributed by atoms with van der Waals surface area (Å²) in [5, 5.41) is 3.69. The van der Waals surface area contributed by atoms with Crippen molar-refractivity contribution >= 4 is 56.5 Å². The number of esters is 4. The lowest BCUT2D eigenvalue weighted by atomic mass is 9.97. The smallest absolute Gasteiger partial charge is 0.338 e. The molecule has 1 N–H and O–H groups in total. The number of aromatic amines is 1. The minimum atomic E-state index is -1.19. The van der Waals surface area contributed by atoms with Gasteiger partial charge in [0, 0.05) is 34.7 Å². The van der Waals surface area contributed by atoms with E-state index in [1.54, 1.807) is 102 Å². The third-order valence-corrected chi connectivity index (χ3v) is 10.0. The number of benzene rings is 5. The van der Waals surface area contributed by atoms with E-state index in [0.29, 0.717) is 16.9 Å². The summed E-state index contributed by atoms with van der Waals surface area (Å²) in [5.74, 6) is -1.88. The van der Waals surface area contributed by atoms with Crippen molar-refractivity contribution in [3.8, 4) is 5.75 Å². The molecule has 1 aliphatic rings. The standard InChI is InChI=1S/C45H36N2O9.BrH/c1-26-35-24-47(22-21-33(35)27(2)39-38(26)34-23-32(53-28(3)48)19-20-36(34)46-39)42-41(56-45(51)31-17-11-6-12-18-31)40(55-44(50)30-15-9-5-10-16-30)37(54-42)25-52-43(49)29-13-7-4-8-14-29;/h4-24,37,40-42H,25H2,1-3H3;1H/t37-,40-,41+,42+;/m1./s1. The lowest BCUT2D eigenvalue weighted by Crippen LogP contribution is -3.00. The molecule has 0 saturated carbocycles. The van der Waals surface area contributed by atoms with Crippen LogP contribution in [0, 0.1) is 13.8 Å². The van der Waals surface area contributed by atoms with Gasteiger partial charge in [0.2, 0.25) is 6.10 Å². The molecule has 57 heavy (non-hydrogen) atoms. The molecule has 0 aliphatic carbocycles. The van der Waals surface area contributed by atoms with Gasteiger partial charge in [-0.15, -0.1) is 0 Å². The van der Waals surface area contributed by atoms with E-state index < -0.39 is 48.4 Å². The summed E-state index contributed by atoms with van der Waals surface area (Å²) in [6, 6.07) is 32.9. The number of halogens is 1. The second-order valence-electron chi connectivity index (χ2n) is 13.6. The first-order valence-electron chi connectivity index (χ1n) is 18.1. The van der Waals surface area contributed by atoms with Crippen molar-refractivity contribution in [2.24, 2.45) is 0 Å². The van der Waals surface area contributed by atoms with Crippen LogP contribution in [0.4, 0.5) is 0 Å². The lowest BCUT2D eigenvalue weighted by molar-refractivity contribution is -0.764. The molecule has 288 valence electrons. The highest BCUT2D eigenvalue weighted by Gasteiger charge is 2.55. The van der Waals surface area contributed by atoms with Gasteiger partial charge in [0.25, 0.3) is 0 Å². The van der Waals surface area contributed by atoms with Gasteiger partial charge in [0.05, 0.1) is 22.2 Å². The molecule has 1 saturated heterocycles. The highest BCUT2D eigenvalue weighted by atomic mass is 79.9. The molecule has 7 aromatic rings. The Balaban J connectivity index is 0.00000496. The average Bonchev–Trinajstić information content (AvgIpc) is 3.77. The van der Waals surface area contributed by atoms with Crippen LogP contribution in [-0.4, -0.2) is 53.8 Å². The monoisotopic (exact) mass is 828 g/mol. The fourth-order valence-corrected chi connectivity index (χ4v) is 7.33. The summed E-state index contributed by atoms with van der Waals surface area (Å²) in [4.78, 5) is 55.8. The van der Waals surface area contributed by atoms with E-state index >= 15 is 0 Å². The SMILES string of the molecule is CC(=O)Oc1ccc2[nH]c3c(C)c4cc[n+]([C@H]5O[C@H](COC(=O)c6ccccc6)[C@@H](OC(=O)c6ccccc6)[C@@H]5OC(=O)c5ccccc5)cc4c(C)c3c2c1.[Br-]. The van der Waals surface area contributed by atoms with Gasteiger partial charge < -0.3 is 45.6 Å². The molecule has 5 aromatic carbocycles. The molecule has 0 unspecified atom stereocenters. The zero-order chi connectivity index (χ0) is 38.9. The van der Waals surface area contributed by atoms with Gasteiger partial charge in [-0.3, -0.25) is 4.79 Å². The number of pyridine rings is 1.